The lowest BCUT2D eigenvalue weighted by Crippen LogP contribution is -2.36. The molecule has 0 amide bonds. The molecule has 0 radical (unpaired) electrons. The lowest BCUT2D eigenvalue weighted by atomic mass is 10.0. The highest BCUT2D eigenvalue weighted by atomic mass is 79.9. The maximum absolute atomic E-state index is 6.29. The standard InChI is InChI=1S/C13H18BrNS/c14-11-6-4-10(5-7-11)9-12(15)13-3-1-2-8-16-13/h4-7,12-13H,1-3,8-9,15H2. The van der Waals surface area contributed by atoms with Crippen molar-refractivity contribution >= 4 is 27.7 Å². The predicted molar refractivity (Wildman–Crippen MR) is 75.9 cm³/mol. The SMILES string of the molecule is NC(Cc1ccc(Br)cc1)C1CCCCS1. The van der Waals surface area contributed by atoms with Crippen LogP contribution in [0.3, 0.4) is 0 Å². The topological polar surface area (TPSA) is 26.0 Å². The first-order valence-corrected chi connectivity index (χ1v) is 7.71. The van der Waals surface area contributed by atoms with Crippen LogP contribution in [-0.4, -0.2) is 17.0 Å². The molecule has 1 nitrogen and oxygen atoms in total. The molecule has 0 aromatic heterocycles. The summed E-state index contributed by atoms with van der Waals surface area (Å²) in [6, 6.07) is 8.83. The minimum absolute atomic E-state index is 0.312. The molecule has 2 rings (SSSR count). The van der Waals surface area contributed by atoms with E-state index in [2.05, 4.69) is 52.0 Å². The second-order valence-electron chi connectivity index (χ2n) is 4.40. The molecule has 1 aromatic carbocycles. The Hall–Kier alpha value is 0.01000. The van der Waals surface area contributed by atoms with Crippen molar-refractivity contribution in [1.29, 1.82) is 0 Å². The fraction of sp³-hybridized carbons (Fsp3) is 0.538. The molecule has 0 spiro atoms. The number of hydrogen-bond donors (Lipinski definition) is 1. The molecule has 0 saturated carbocycles. The van der Waals surface area contributed by atoms with E-state index >= 15 is 0 Å². The van der Waals surface area contributed by atoms with Crippen LogP contribution < -0.4 is 5.73 Å². The van der Waals surface area contributed by atoms with E-state index in [9.17, 15) is 0 Å². The molecule has 1 heterocycles. The first kappa shape index (κ1) is 12.5. The van der Waals surface area contributed by atoms with Gasteiger partial charge < -0.3 is 5.73 Å². The molecule has 2 N–H and O–H groups in total. The first-order chi connectivity index (χ1) is 7.75. The van der Waals surface area contributed by atoms with Crippen molar-refractivity contribution in [3.63, 3.8) is 0 Å². The van der Waals surface area contributed by atoms with Crippen molar-refractivity contribution < 1.29 is 0 Å². The molecule has 2 unspecified atom stereocenters. The number of hydrogen-bond acceptors (Lipinski definition) is 2. The van der Waals surface area contributed by atoms with Gasteiger partial charge in [0.15, 0.2) is 0 Å². The third kappa shape index (κ3) is 3.51. The Morgan fingerprint density at radius 1 is 1.31 bits per heavy atom. The molecule has 3 heteroatoms. The van der Waals surface area contributed by atoms with Gasteiger partial charge in [-0.2, -0.15) is 11.8 Å². The van der Waals surface area contributed by atoms with Gasteiger partial charge in [0.25, 0.3) is 0 Å². The Morgan fingerprint density at radius 3 is 2.69 bits per heavy atom. The zero-order chi connectivity index (χ0) is 11.4. The predicted octanol–water partition coefficient (Wildman–Crippen LogP) is 3.60. The van der Waals surface area contributed by atoms with Gasteiger partial charge in [-0.3, -0.25) is 0 Å². The van der Waals surface area contributed by atoms with Crippen LogP contribution in [0.25, 0.3) is 0 Å². The van der Waals surface area contributed by atoms with Gasteiger partial charge >= 0.3 is 0 Å². The van der Waals surface area contributed by atoms with Crippen molar-refractivity contribution in [3.8, 4) is 0 Å². The van der Waals surface area contributed by atoms with Crippen molar-refractivity contribution in [2.24, 2.45) is 5.73 Å². The van der Waals surface area contributed by atoms with E-state index in [0.29, 0.717) is 11.3 Å². The number of halogens is 1. The van der Waals surface area contributed by atoms with E-state index in [1.54, 1.807) is 0 Å². The molecule has 2 atom stereocenters. The van der Waals surface area contributed by atoms with Crippen molar-refractivity contribution in [2.75, 3.05) is 5.75 Å². The third-order valence-electron chi connectivity index (χ3n) is 3.08. The normalized spacial score (nSPS) is 23.0. The monoisotopic (exact) mass is 299 g/mol. The van der Waals surface area contributed by atoms with Gasteiger partial charge in [0, 0.05) is 15.8 Å². The van der Waals surface area contributed by atoms with E-state index in [1.807, 2.05) is 0 Å². The number of rotatable bonds is 3. The van der Waals surface area contributed by atoms with Gasteiger partial charge in [-0.25, -0.2) is 0 Å². The first-order valence-electron chi connectivity index (χ1n) is 5.87. The Balaban J connectivity index is 1.90. The smallest absolute Gasteiger partial charge is 0.0202 e. The summed E-state index contributed by atoms with van der Waals surface area (Å²) in [5.41, 5.74) is 7.63. The van der Waals surface area contributed by atoms with Gasteiger partial charge in [-0.05, 0) is 42.7 Å². The summed E-state index contributed by atoms with van der Waals surface area (Å²) in [5.74, 6) is 1.29. The number of thioether (sulfide) groups is 1. The lowest BCUT2D eigenvalue weighted by molar-refractivity contribution is 0.559. The molecule has 16 heavy (non-hydrogen) atoms. The zero-order valence-corrected chi connectivity index (χ0v) is 11.8. The van der Waals surface area contributed by atoms with Crippen LogP contribution >= 0.6 is 27.7 Å². The van der Waals surface area contributed by atoms with Gasteiger partial charge in [0.1, 0.15) is 0 Å². The van der Waals surface area contributed by atoms with Crippen LogP contribution in [0.4, 0.5) is 0 Å². The van der Waals surface area contributed by atoms with Crippen LogP contribution in [-0.2, 0) is 6.42 Å². The number of nitrogens with two attached hydrogens (primary N) is 1. The summed E-state index contributed by atoms with van der Waals surface area (Å²) in [7, 11) is 0. The van der Waals surface area contributed by atoms with E-state index < -0.39 is 0 Å². The largest absolute Gasteiger partial charge is 0.326 e. The summed E-state index contributed by atoms with van der Waals surface area (Å²) >= 11 is 5.51. The molecular formula is C13H18BrNS. The van der Waals surface area contributed by atoms with Gasteiger partial charge in [0.05, 0.1) is 0 Å². The molecule has 1 aliphatic heterocycles. The molecular weight excluding hydrogens is 282 g/mol. The average Bonchev–Trinajstić information content (AvgIpc) is 2.33. The Kier molecular flexibility index (Phi) is 4.74. The highest BCUT2D eigenvalue weighted by Gasteiger charge is 2.21. The van der Waals surface area contributed by atoms with E-state index in [0.717, 1.165) is 10.9 Å². The van der Waals surface area contributed by atoms with Crippen molar-refractivity contribution in [3.05, 3.63) is 34.3 Å². The minimum atomic E-state index is 0.312. The second-order valence-corrected chi connectivity index (χ2v) is 6.66. The third-order valence-corrected chi connectivity index (χ3v) is 5.14. The summed E-state index contributed by atoms with van der Waals surface area (Å²) in [5, 5.41) is 0.664. The maximum Gasteiger partial charge on any atom is 0.0202 e. The highest BCUT2D eigenvalue weighted by Crippen LogP contribution is 2.28. The van der Waals surface area contributed by atoms with Crippen LogP contribution in [0.2, 0.25) is 0 Å². The quantitative estimate of drug-likeness (QED) is 0.923. The fourth-order valence-corrected chi connectivity index (χ4v) is 3.74. The Morgan fingerprint density at radius 2 is 2.06 bits per heavy atom. The van der Waals surface area contributed by atoms with Crippen molar-refractivity contribution in [1.82, 2.24) is 0 Å². The van der Waals surface area contributed by atoms with Crippen molar-refractivity contribution in [2.45, 2.75) is 37.0 Å². The summed E-state index contributed by atoms with van der Waals surface area (Å²) in [6.07, 6.45) is 5.02. The number of benzene rings is 1. The van der Waals surface area contributed by atoms with E-state index in [4.69, 9.17) is 5.73 Å². The highest BCUT2D eigenvalue weighted by molar-refractivity contribution is 9.10. The Labute approximate surface area is 110 Å². The molecule has 1 fully saturated rings. The van der Waals surface area contributed by atoms with Gasteiger partial charge in [0.2, 0.25) is 0 Å². The molecule has 88 valence electrons. The van der Waals surface area contributed by atoms with Gasteiger partial charge in [-0.1, -0.05) is 34.5 Å². The molecule has 1 aliphatic rings. The van der Waals surface area contributed by atoms with Crippen LogP contribution in [0.1, 0.15) is 24.8 Å². The van der Waals surface area contributed by atoms with E-state index in [-0.39, 0.29) is 0 Å². The molecule has 1 saturated heterocycles. The Bertz CT molecular complexity index is 319. The summed E-state index contributed by atoms with van der Waals surface area (Å²) < 4.78 is 1.14. The van der Waals surface area contributed by atoms with Crippen LogP contribution in [0, 0.1) is 0 Å². The van der Waals surface area contributed by atoms with Gasteiger partial charge in [-0.15, -0.1) is 0 Å². The van der Waals surface area contributed by atoms with E-state index in [1.165, 1.54) is 30.6 Å². The molecule has 0 bridgehead atoms. The second kappa shape index (κ2) is 6.08. The molecule has 1 aromatic rings. The van der Waals surface area contributed by atoms with Crippen LogP contribution in [0.5, 0.6) is 0 Å². The van der Waals surface area contributed by atoms with Crippen LogP contribution in [0.15, 0.2) is 28.7 Å². The molecule has 0 aliphatic carbocycles. The zero-order valence-electron chi connectivity index (χ0n) is 9.36. The minimum Gasteiger partial charge on any atom is -0.326 e. The summed E-state index contributed by atoms with van der Waals surface area (Å²) in [4.78, 5) is 0. The fourth-order valence-electron chi connectivity index (χ4n) is 2.13. The summed E-state index contributed by atoms with van der Waals surface area (Å²) in [6.45, 7) is 0. The lowest BCUT2D eigenvalue weighted by Gasteiger charge is -2.27. The average molecular weight is 300 g/mol. The maximum atomic E-state index is 6.29.